The van der Waals surface area contributed by atoms with Crippen LogP contribution in [0.25, 0.3) is 0 Å². The number of halogens is 2. The molecule has 1 aromatic carbocycles. The summed E-state index contributed by atoms with van der Waals surface area (Å²) in [5.74, 6) is -2.46. The molecule has 1 aromatic heterocycles. The summed E-state index contributed by atoms with van der Waals surface area (Å²) < 4.78 is 34.2. The van der Waals surface area contributed by atoms with Crippen molar-refractivity contribution in [3.8, 4) is 5.75 Å². The number of aromatic nitrogens is 2. The Hall–Kier alpha value is -2.44. The van der Waals surface area contributed by atoms with Gasteiger partial charge in [0.15, 0.2) is 0 Å². The van der Waals surface area contributed by atoms with E-state index in [-0.39, 0.29) is 13.1 Å². The van der Waals surface area contributed by atoms with Crippen LogP contribution in [0.15, 0.2) is 39.9 Å². The number of benzene rings is 1. The van der Waals surface area contributed by atoms with E-state index in [9.17, 15) is 18.4 Å². The first-order valence-electron chi connectivity index (χ1n) is 6.78. The van der Waals surface area contributed by atoms with Crippen LogP contribution in [0.1, 0.15) is 17.7 Å². The van der Waals surface area contributed by atoms with Gasteiger partial charge in [-0.2, -0.15) is 8.78 Å². The van der Waals surface area contributed by atoms with Gasteiger partial charge in [0, 0.05) is 19.0 Å². The fraction of sp³-hybridized carbons (Fsp3) is 0.333. The van der Waals surface area contributed by atoms with Crippen LogP contribution >= 0.6 is 0 Å². The van der Waals surface area contributed by atoms with E-state index < -0.39 is 29.3 Å². The Balaban J connectivity index is 2.02. The highest BCUT2D eigenvalue weighted by atomic mass is 19.3. The Labute approximate surface area is 124 Å². The number of nitrogens with zero attached hydrogens (tertiary/aromatic N) is 2. The highest BCUT2D eigenvalue weighted by Gasteiger charge is 2.41. The topological polar surface area (TPSA) is 53.2 Å². The van der Waals surface area contributed by atoms with E-state index in [1.54, 1.807) is 24.3 Å². The molecule has 0 fully saturated rings. The average molecular weight is 308 g/mol. The van der Waals surface area contributed by atoms with Crippen LogP contribution < -0.4 is 16.0 Å². The van der Waals surface area contributed by atoms with Crippen molar-refractivity contribution >= 4 is 0 Å². The smallest absolute Gasteiger partial charge is 0.331 e. The van der Waals surface area contributed by atoms with E-state index in [0.717, 1.165) is 15.2 Å². The maximum atomic E-state index is 13.6. The van der Waals surface area contributed by atoms with Crippen molar-refractivity contribution in [3.63, 3.8) is 0 Å². The van der Waals surface area contributed by atoms with Crippen LogP contribution in [-0.4, -0.2) is 16.2 Å². The first kappa shape index (κ1) is 14.5. The molecule has 0 N–H and O–H groups in total. The van der Waals surface area contributed by atoms with Gasteiger partial charge >= 0.3 is 5.69 Å². The predicted octanol–water partition coefficient (Wildman–Crippen LogP) is 1.56. The number of fused-ring (bicyclic) bond motifs is 1. The molecule has 0 radical (unpaired) electrons. The molecule has 116 valence electrons. The van der Waals surface area contributed by atoms with Crippen LogP contribution in [-0.2, 0) is 19.0 Å². The first-order chi connectivity index (χ1) is 10.4. The molecule has 2 aromatic rings. The van der Waals surface area contributed by atoms with E-state index in [4.69, 9.17) is 4.74 Å². The van der Waals surface area contributed by atoms with Crippen molar-refractivity contribution in [3.05, 3.63) is 62.4 Å². The minimum absolute atomic E-state index is 0.0352. The van der Waals surface area contributed by atoms with Crippen molar-refractivity contribution in [1.29, 1.82) is 0 Å². The Morgan fingerprint density at radius 2 is 1.91 bits per heavy atom. The van der Waals surface area contributed by atoms with E-state index >= 15 is 0 Å². The molecule has 0 spiro atoms. The molecule has 0 unspecified atom stereocenters. The van der Waals surface area contributed by atoms with Crippen LogP contribution in [0.2, 0.25) is 0 Å². The molecule has 5 nitrogen and oxygen atoms in total. The Kier molecular flexibility index (Phi) is 3.35. The largest absolute Gasteiger partial charge is 0.497 e. The van der Waals surface area contributed by atoms with Crippen LogP contribution in [0.3, 0.4) is 0 Å². The number of ether oxygens (including phenoxy) is 1. The molecule has 0 saturated heterocycles. The second kappa shape index (κ2) is 5.08. The van der Waals surface area contributed by atoms with Gasteiger partial charge in [0.1, 0.15) is 5.75 Å². The van der Waals surface area contributed by atoms with Gasteiger partial charge in [0.2, 0.25) is 0 Å². The van der Waals surface area contributed by atoms with Gasteiger partial charge in [0.05, 0.1) is 19.3 Å². The molecule has 1 aliphatic rings. The predicted molar refractivity (Wildman–Crippen MR) is 75.6 cm³/mol. The van der Waals surface area contributed by atoms with E-state index in [0.29, 0.717) is 11.3 Å². The maximum absolute atomic E-state index is 13.6. The fourth-order valence-corrected chi connectivity index (χ4v) is 2.57. The molecule has 3 rings (SSSR count). The number of hydrogen-bond acceptors (Lipinski definition) is 3. The van der Waals surface area contributed by atoms with Gasteiger partial charge in [-0.15, -0.1) is 0 Å². The highest BCUT2D eigenvalue weighted by Crippen LogP contribution is 2.35. The van der Waals surface area contributed by atoms with Crippen molar-refractivity contribution < 1.29 is 13.5 Å². The van der Waals surface area contributed by atoms with Gasteiger partial charge < -0.3 is 4.74 Å². The van der Waals surface area contributed by atoms with Gasteiger partial charge in [-0.05, 0) is 17.7 Å². The quantitative estimate of drug-likeness (QED) is 0.865. The second-order valence-corrected chi connectivity index (χ2v) is 5.19. The monoisotopic (exact) mass is 308 g/mol. The molecular formula is C15H14F2N2O3. The summed E-state index contributed by atoms with van der Waals surface area (Å²) in [4.78, 5) is 24.3. The molecule has 2 heterocycles. The first-order valence-corrected chi connectivity index (χ1v) is 6.78. The Morgan fingerprint density at radius 3 is 2.55 bits per heavy atom. The minimum Gasteiger partial charge on any atom is -0.497 e. The Morgan fingerprint density at radius 1 is 1.23 bits per heavy atom. The lowest BCUT2D eigenvalue weighted by Crippen LogP contribution is -2.40. The van der Waals surface area contributed by atoms with Crippen molar-refractivity contribution in [2.24, 2.45) is 0 Å². The third-order valence-electron chi connectivity index (χ3n) is 3.80. The van der Waals surface area contributed by atoms with Gasteiger partial charge in [0.25, 0.3) is 11.5 Å². The summed E-state index contributed by atoms with van der Waals surface area (Å²) in [7, 11) is 1.53. The third kappa shape index (κ3) is 2.32. The fourth-order valence-electron chi connectivity index (χ4n) is 2.57. The molecular weight excluding hydrogens is 294 g/mol. The highest BCUT2D eigenvalue weighted by molar-refractivity contribution is 5.27. The maximum Gasteiger partial charge on any atom is 0.331 e. The summed E-state index contributed by atoms with van der Waals surface area (Å²) in [5, 5.41) is 0. The minimum atomic E-state index is -3.11. The van der Waals surface area contributed by atoms with E-state index in [1.807, 2.05) is 0 Å². The molecule has 0 aliphatic carbocycles. The summed E-state index contributed by atoms with van der Waals surface area (Å²) in [6.45, 7) is -0.0441. The second-order valence-electron chi connectivity index (χ2n) is 5.19. The van der Waals surface area contributed by atoms with Crippen LogP contribution in [0.5, 0.6) is 5.75 Å². The van der Waals surface area contributed by atoms with E-state index in [2.05, 4.69) is 0 Å². The summed E-state index contributed by atoms with van der Waals surface area (Å²) in [6.07, 6.45) is -0.450. The van der Waals surface area contributed by atoms with Crippen LogP contribution in [0, 0.1) is 0 Å². The third-order valence-corrected chi connectivity index (χ3v) is 3.80. The Bertz CT molecular complexity index is 822. The van der Waals surface area contributed by atoms with Crippen LogP contribution in [0.4, 0.5) is 8.78 Å². The van der Waals surface area contributed by atoms with Crippen molar-refractivity contribution in [2.45, 2.75) is 25.4 Å². The number of methoxy groups -OCH3 is 1. The van der Waals surface area contributed by atoms with Crippen molar-refractivity contribution in [1.82, 2.24) is 9.13 Å². The lowest BCUT2D eigenvalue weighted by molar-refractivity contribution is -0.00248. The van der Waals surface area contributed by atoms with Gasteiger partial charge in [-0.3, -0.25) is 13.9 Å². The zero-order valence-corrected chi connectivity index (χ0v) is 11.9. The lowest BCUT2D eigenvalue weighted by Gasteiger charge is -2.12. The average Bonchev–Trinajstić information content (AvgIpc) is 2.80. The number of rotatable bonds is 3. The molecule has 0 saturated carbocycles. The molecule has 0 bridgehead atoms. The zero-order chi connectivity index (χ0) is 15.9. The normalized spacial score (nSPS) is 15.6. The molecule has 0 atom stereocenters. The summed E-state index contributed by atoms with van der Waals surface area (Å²) in [6, 6.07) is 7.71. The van der Waals surface area contributed by atoms with Gasteiger partial charge in [-0.25, -0.2) is 4.79 Å². The molecule has 22 heavy (non-hydrogen) atoms. The standard InChI is InChI=1S/C15H14F2N2O3/c1-22-11-4-2-10(3-5-11)9-19-13(20)8-12-15(16,17)6-7-18(12)14(19)21/h2-5,8H,6-7,9H2,1H3. The lowest BCUT2D eigenvalue weighted by atomic mass is 10.2. The molecule has 0 amide bonds. The van der Waals surface area contributed by atoms with Gasteiger partial charge in [-0.1, -0.05) is 12.1 Å². The van der Waals surface area contributed by atoms with E-state index in [1.165, 1.54) is 7.11 Å². The SMILES string of the molecule is COc1ccc(Cn2c(=O)cc3n(c2=O)CCC3(F)F)cc1. The zero-order valence-electron chi connectivity index (χ0n) is 11.9. The molecule has 1 aliphatic heterocycles. The van der Waals surface area contributed by atoms with Crippen molar-refractivity contribution in [2.75, 3.05) is 7.11 Å². The number of hydrogen-bond donors (Lipinski definition) is 0. The molecule has 7 heteroatoms. The summed E-state index contributed by atoms with van der Waals surface area (Å²) >= 11 is 0. The number of alkyl halides is 2. The summed E-state index contributed by atoms with van der Waals surface area (Å²) in [5.41, 5.74) is -1.19.